The molecule has 130 valence electrons. The van der Waals surface area contributed by atoms with Crippen LogP contribution in [0, 0.1) is 5.92 Å². The largest absolute Gasteiger partial charge is 0.504 e. The average molecular weight is 334 g/mol. The summed E-state index contributed by atoms with van der Waals surface area (Å²) in [5, 5.41) is 37.6. The van der Waals surface area contributed by atoms with E-state index in [9.17, 15) is 20.1 Å². The molecule has 4 N–H and O–H groups in total. The van der Waals surface area contributed by atoms with Crippen molar-refractivity contribution in [1.29, 1.82) is 0 Å². The second kappa shape index (κ2) is 8.52. The first-order chi connectivity index (χ1) is 11.5. The minimum absolute atomic E-state index is 0.0974. The summed E-state index contributed by atoms with van der Waals surface area (Å²) in [5.41, 5.74) is 1.38. The van der Waals surface area contributed by atoms with Crippen molar-refractivity contribution in [3.05, 3.63) is 47.6 Å². The highest BCUT2D eigenvalue weighted by atomic mass is 16.5. The van der Waals surface area contributed by atoms with E-state index in [1.54, 1.807) is 6.07 Å². The molecule has 1 aromatic carbocycles. The number of hydrogen-bond donors (Lipinski definition) is 4. The van der Waals surface area contributed by atoms with Crippen LogP contribution in [0.4, 0.5) is 0 Å². The van der Waals surface area contributed by atoms with Crippen LogP contribution in [0.25, 0.3) is 0 Å². The first kappa shape index (κ1) is 18.0. The number of esters is 1. The zero-order chi connectivity index (χ0) is 17.5. The van der Waals surface area contributed by atoms with E-state index in [4.69, 9.17) is 9.84 Å². The number of ether oxygens (including phenoxy) is 1. The highest BCUT2D eigenvalue weighted by Crippen LogP contribution is 2.28. The SMILES string of the molecule is O=C(C[C@H]1C=CC[C@H](O)/C1=C\CO)OCCc1ccc(O)c(O)c1. The lowest BCUT2D eigenvalue weighted by Gasteiger charge is -2.24. The molecule has 0 saturated carbocycles. The van der Waals surface area contributed by atoms with E-state index in [2.05, 4.69) is 0 Å². The Bertz CT molecular complexity index is 634. The fourth-order valence-corrected chi connectivity index (χ4v) is 2.69. The smallest absolute Gasteiger partial charge is 0.306 e. The highest BCUT2D eigenvalue weighted by molar-refractivity contribution is 5.70. The van der Waals surface area contributed by atoms with Crippen LogP contribution in [0.1, 0.15) is 18.4 Å². The van der Waals surface area contributed by atoms with E-state index in [1.165, 1.54) is 18.2 Å². The zero-order valence-corrected chi connectivity index (χ0v) is 13.3. The van der Waals surface area contributed by atoms with Crippen LogP contribution in [0.3, 0.4) is 0 Å². The summed E-state index contributed by atoms with van der Waals surface area (Å²) < 4.78 is 5.19. The van der Waals surface area contributed by atoms with Crippen LogP contribution in [0.15, 0.2) is 42.0 Å². The number of allylic oxidation sites excluding steroid dienone is 1. The molecule has 0 radical (unpaired) electrons. The molecule has 0 fully saturated rings. The molecule has 1 aliphatic carbocycles. The molecular weight excluding hydrogens is 312 g/mol. The van der Waals surface area contributed by atoms with Gasteiger partial charge in [-0.3, -0.25) is 4.79 Å². The van der Waals surface area contributed by atoms with Crippen molar-refractivity contribution in [3.63, 3.8) is 0 Å². The molecule has 0 aliphatic heterocycles. The Morgan fingerprint density at radius 2 is 2.08 bits per heavy atom. The summed E-state index contributed by atoms with van der Waals surface area (Å²) in [6.07, 6.45) is 5.50. The first-order valence-electron chi connectivity index (χ1n) is 7.83. The molecule has 1 aliphatic rings. The summed E-state index contributed by atoms with van der Waals surface area (Å²) in [6, 6.07) is 4.45. The van der Waals surface area contributed by atoms with Gasteiger partial charge in [0.2, 0.25) is 0 Å². The predicted octanol–water partition coefficient (Wildman–Crippen LogP) is 1.43. The molecule has 0 amide bonds. The Balaban J connectivity index is 1.84. The molecule has 2 atom stereocenters. The van der Waals surface area contributed by atoms with Gasteiger partial charge in [-0.25, -0.2) is 0 Å². The van der Waals surface area contributed by atoms with Crippen LogP contribution in [-0.4, -0.2) is 45.7 Å². The van der Waals surface area contributed by atoms with Crippen molar-refractivity contribution < 1.29 is 30.0 Å². The molecule has 0 bridgehead atoms. The van der Waals surface area contributed by atoms with Gasteiger partial charge in [0.25, 0.3) is 0 Å². The number of hydrogen-bond acceptors (Lipinski definition) is 6. The van der Waals surface area contributed by atoms with E-state index >= 15 is 0 Å². The molecule has 6 heteroatoms. The zero-order valence-electron chi connectivity index (χ0n) is 13.3. The van der Waals surface area contributed by atoms with Gasteiger partial charge >= 0.3 is 5.97 Å². The number of aliphatic hydroxyl groups excluding tert-OH is 2. The maximum absolute atomic E-state index is 12.0. The molecule has 0 unspecified atom stereocenters. The van der Waals surface area contributed by atoms with Crippen LogP contribution in [-0.2, 0) is 16.0 Å². The van der Waals surface area contributed by atoms with Crippen LogP contribution in [0.2, 0.25) is 0 Å². The second-order valence-corrected chi connectivity index (χ2v) is 5.67. The monoisotopic (exact) mass is 334 g/mol. The van der Waals surface area contributed by atoms with Crippen molar-refractivity contribution >= 4 is 5.97 Å². The second-order valence-electron chi connectivity index (χ2n) is 5.67. The van der Waals surface area contributed by atoms with Crippen molar-refractivity contribution in [2.45, 2.75) is 25.4 Å². The van der Waals surface area contributed by atoms with Gasteiger partial charge in [0.05, 0.1) is 25.7 Å². The number of phenolic OH excluding ortho intramolecular Hbond substituents is 2. The quantitative estimate of drug-likeness (QED) is 0.356. The number of carbonyl (C=O) groups excluding carboxylic acids is 1. The van der Waals surface area contributed by atoms with Gasteiger partial charge in [0, 0.05) is 12.3 Å². The fraction of sp³-hybridized carbons (Fsp3) is 0.389. The van der Waals surface area contributed by atoms with E-state index in [-0.39, 0.29) is 37.1 Å². The summed E-state index contributed by atoms with van der Waals surface area (Å²) >= 11 is 0. The predicted molar refractivity (Wildman–Crippen MR) is 87.5 cm³/mol. The third-order valence-corrected chi connectivity index (χ3v) is 3.95. The number of phenols is 2. The van der Waals surface area contributed by atoms with Crippen LogP contribution >= 0.6 is 0 Å². The lowest BCUT2D eigenvalue weighted by atomic mass is 9.85. The number of rotatable bonds is 6. The third-order valence-electron chi connectivity index (χ3n) is 3.95. The van der Waals surface area contributed by atoms with Gasteiger partial charge < -0.3 is 25.2 Å². The molecular formula is C18H22O6. The Morgan fingerprint density at radius 1 is 1.29 bits per heavy atom. The van der Waals surface area contributed by atoms with Crippen molar-refractivity contribution in [1.82, 2.24) is 0 Å². The molecule has 0 heterocycles. The lowest BCUT2D eigenvalue weighted by Crippen LogP contribution is -2.23. The highest BCUT2D eigenvalue weighted by Gasteiger charge is 2.24. The van der Waals surface area contributed by atoms with Gasteiger partial charge in [0.15, 0.2) is 11.5 Å². The first-order valence-corrected chi connectivity index (χ1v) is 7.83. The minimum Gasteiger partial charge on any atom is -0.504 e. The normalized spacial score (nSPS) is 21.8. The summed E-state index contributed by atoms with van der Waals surface area (Å²) in [4.78, 5) is 12.0. The topological polar surface area (TPSA) is 107 Å². The molecule has 2 rings (SSSR count). The molecule has 6 nitrogen and oxygen atoms in total. The Morgan fingerprint density at radius 3 is 2.79 bits per heavy atom. The van der Waals surface area contributed by atoms with Gasteiger partial charge in [0.1, 0.15) is 0 Å². The van der Waals surface area contributed by atoms with E-state index < -0.39 is 12.1 Å². The van der Waals surface area contributed by atoms with Crippen LogP contribution in [0.5, 0.6) is 11.5 Å². The summed E-state index contributed by atoms with van der Waals surface area (Å²) in [5.74, 6) is -1.07. The summed E-state index contributed by atoms with van der Waals surface area (Å²) in [6.45, 7) is -0.0305. The third kappa shape index (κ3) is 4.84. The minimum atomic E-state index is -0.681. The number of aromatic hydroxyl groups is 2. The molecule has 0 saturated heterocycles. The maximum atomic E-state index is 12.0. The molecule has 1 aromatic rings. The number of benzene rings is 1. The standard InChI is InChI=1S/C18H22O6/c19-8-6-14-13(2-1-3-15(14)20)11-18(23)24-9-7-12-4-5-16(21)17(22)10-12/h1-2,4-6,10,13,15,19-22H,3,7-9,11H2/b14-6-/t13-,15+/m1/s1. The van der Waals surface area contributed by atoms with Gasteiger partial charge in [-0.1, -0.05) is 24.3 Å². The van der Waals surface area contributed by atoms with E-state index in [0.717, 1.165) is 5.56 Å². The van der Waals surface area contributed by atoms with Crippen molar-refractivity contribution in [3.8, 4) is 11.5 Å². The average Bonchev–Trinajstić information content (AvgIpc) is 2.54. The van der Waals surface area contributed by atoms with Gasteiger partial charge in [-0.2, -0.15) is 0 Å². The Kier molecular flexibility index (Phi) is 6.40. The van der Waals surface area contributed by atoms with Gasteiger partial charge in [-0.15, -0.1) is 0 Å². The number of aliphatic hydroxyl groups is 2. The van der Waals surface area contributed by atoms with E-state index in [0.29, 0.717) is 18.4 Å². The fourth-order valence-electron chi connectivity index (χ4n) is 2.69. The Labute approximate surface area is 140 Å². The lowest BCUT2D eigenvalue weighted by molar-refractivity contribution is -0.144. The van der Waals surface area contributed by atoms with Gasteiger partial charge in [-0.05, 0) is 29.7 Å². The van der Waals surface area contributed by atoms with Crippen molar-refractivity contribution in [2.24, 2.45) is 5.92 Å². The van der Waals surface area contributed by atoms with E-state index in [1.807, 2.05) is 12.2 Å². The summed E-state index contributed by atoms with van der Waals surface area (Å²) in [7, 11) is 0. The number of carbonyl (C=O) groups is 1. The van der Waals surface area contributed by atoms with Crippen LogP contribution < -0.4 is 0 Å². The Hall–Kier alpha value is -2.31. The van der Waals surface area contributed by atoms with Crippen molar-refractivity contribution in [2.75, 3.05) is 13.2 Å². The molecule has 24 heavy (non-hydrogen) atoms. The molecule has 0 spiro atoms. The molecule has 0 aromatic heterocycles. The maximum Gasteiger partial charge on any atom is 0.306 e.